The fourth-order valence-corrected chi connectivity index (χ4v) is 4.91. The van der Waals surface area contributed by atoms with Crippen LogP contribution in [-0.2, 0) is 0 Å². The second kappa shape index (κ2) is 9.33. The SMILES string of the molecule is CN1CCN(C(=O)c2ccc3c(c2)[nH]c2c(C(N)=O)ccc(-c4cccc(C(=O)N(C)C)c4F)c23)CC1. The molecule has 0 radical (unpaired) electrons. The number of carbonyl (C=O) groups excluding carboxylic acids is 3. The third-order valence-corrected chi connectivity index (χ3v) is 6.98. The van der Waals surface area contributed by atoms with Crippen LogP contribution in [0.5, 0.6) is 0 Å². The van der Waals surface area contributed by atoms with Crippen molar-refractivity contribution in [3.8, 4) is 11.1 Å². The maximum absolute atomic E-state index is 15.7. The average molecular weight is 502 g/mol. The minimum Gasteiger partial charge on any atom is -0.366 e. The van der Waals surface area contributed by atoms with Gasteiger partial charge in [0.1, 0.15) is 5.82 Å². The number of hydrogen-bond acceptors (Lipinski definition) is 4. The molecule has 8 nitrogen and oxygen atoms in total. The molecule has 0 aliphatic carbocycles. The van der Waals surface area contributed by atoms with E-state index in [4.69, 9.17) is 5.73 Å². The van der Waals surface area contributed by atoms with E-state index in [1.165, 1.54) is 11.0 Å². The zero-order valence-electron chi connectivity index (χ0n) is 21.0. The Balaban J connectivity index is 1.68. The Bertz CT molecular complexity index is 1570. The van der Waals surface area contributed by atoms with Crippen LogP contribution in [0.25, 0.3) is 32.9 Å². The molecule has 1 aliphatic rings. The molecular weight excluding hydrogens is 473 g/mol. The molecule has 4 aromatic rings. The lowest BCUT2D eigenvalue weighted by molar-refractivity contribution is 0.0663. The number of piperazine rings is 1. The standard InChI is InChI=1S/C28H28FN5O3/c1-32(2)28(37)20-6-4-5-18(24(20)29)17-9-10-21(26(30)35)25-23(17)19-8-7-16(15-22(19)31-25)27(36)34-13-11-33(3)12-14-34/h4-10,15,31H,11-14H2,1-3H3,(H2,30,35). The van der Waals surface area contributed by atoms with Crippen LogP contribution in [0.4, 0.5) is 4.39 Å². The van der Waals surface area contributed by atoms with Crippen LogP contribution in [0.1, 0.15) is 31.1 Å². The number of nitrogens with two attached hydrogens (primary N) is 1. The highest BCUT2D eigenvalue weighted by Crippen LogP contribution is 2.38. The number of rotatable bonds is 4. The van der Waals surface area contributed by atoms with Gasteiger partial charge in [-0.3, -0.25) is 14.4 Å². The van der Waals surface area contributed by atoms with Crippen molar-refractivity contribution in [3.63, 3.8) is 0 Å². The summed E-state index contributed by atoms with van der Waals surface area (Å²) in [6.07, 6.45) is 0. The maximum atomic E-state index is 15.7. The number of aromatic amines is 1. The number of primary amides is 1. The number of amides is 3. The normalized spacial score (nSPS) is 14.3. The molecule has 0 atom stereocenters. The van der Waals surface area contributed by atoms with Gasteiger partial charge in [-0.05, 0) is 36.9 Å². The summed E-state index contributed by atoms with van der Waals surface area (Å²) in [4.78, 5) is 46.5. The van der Waals surface area contributed by atoms with Crippen LogP contribution in [0.15, 0.2) is 48.5 Å². The summed E-state index contributed by atoms with van der Waals surface area (Å²) in [6.45, 7) is 2.92. The highest BCUT2D eigenvalue weighted by atomic mass is 19.1. The van der Waals surface area contributed by atoms with E-state index < -0.39 is 17.6 Å². The number of halogens is 1. The van der Waals surface area contributed by atoms with Gasteiger partial charge >= 0.3 is 0 Å². The number of nitrogens with zero attached hydrogens (tertiary/aromatic N) is 3. The molecule has 0 spiro atoms. The Morgan fingerprint density at radius 3 is 2.35 bits per heavy atom. The summed E-state index contributed by atoms with van der Waals surface area (Å²) in [5.41, 5.74) is 8.21. The van der Waals surface area contributed by atoms with Crippen molar-refractivity contribution in [1.29, 1.82) is 0 Å². The molecular formula is C28H28FN5O3. The molecule has 3 aromatic carbocycles. The maximum Gasteiger partial charge on any atom is 0.256 e. The summed E-state index contributed by atoms with van der Waals surface area (Å²) in [6, 6.07) is 13.2. The lowest BCUT2D eigenvalue weighted by atomic mass is 9.94. The van der Waals surface area contributed by atoms with Crippen LogP contribution in [0, 0.1) is 5.82 Å². The summed E-state index contributed by atoms with van der Waals surface area (Å²) < 4.78 is 15.7. The Hall–Kier alpha value is -4.24. The van der Waals surface area contributed by atoms with E-state index in [9.17, 15) is 14.4 Å². The zero-order valence-corrected chi connectivity index (χ0v) is 21.0. The van der Waals surface area contributed by atoms with Crippen LogP contribution in [-0.4, -0.2) is 84.7 Å². The number of carbonyl (C=O) groups is 3. The predicted octanol–water partition coefficient (Wildman–Crippen LogP) is 3.32. The molecule has 0 saturated carbocycles. The van der Waals surface area contributed by atoms with Crippen LogP contribution in [0.2, 0.25) is 0 Å². The van der Waals surface area contributed by atoms with E-state index in [0.717, 1.165) is 13.1 Å². The molecule has 1 aliphatic heterocycles. The molecule has 5 rings (SSSR count). The largest absolute Gasteiger partial charge is 0.366 e. The summed E-state index contributed by atoms with van der Waals surface area (Å²) in [5, 5.41) is 1.31. The van der Waals surface area contributed by atoms with Crippen LogP contribution < -0.4 is 5.73 Å². The third kappa shape index (κ3) is 4.21. The highest BCUT2D eigenvalue weighted by Gasteiger charge is 2.24. The third-order valence-electron chi connectivity index (χ3n) is 6.98. The van der Waals surface area contributed by atoms with Crippen molar-refractivity contribution in [3.05, 3.63) is 71.0 Å². The molecule has 37 heavy (non-hydrogen) atoms. The van der Waals surface area contributed by atoms with E-state index in [2.05, 4.69) is 9.88 Å². The van der Waals surface area contributed by atoms with E-state index in [-0.39, 0.29) is 22.6 Å². The van der Waals surface area contributed by atoms with Gasteiger partial charge in [0.2, 0.25) is 0 Å². The first-order chi connectivity index (χ1) is 17.7. The van der Waals surface area contributed by atoms with Gasteiger partial charge in [0.15, 0.2) is 0 Å². The van der Waals surface area contributed by atoms with E-state index in [1.807, 2.05) is 11.9 Å². The number of nitrogens with one attached hydrogen (secondary N) is 1. The van der Waals surface area contributed by atoms with Gasteiger partial charge in [0.25, 0.3) is 17.7 Å². The molecule has 3 N–H and O–H groups in total. The number of hydrogen-bond donors (Lipinski definition) is 2. The monoisotopic (exact) mass is 501 g/mol. The van der Waals surface area contributed by atoms with Crippen molar-refractivity contribution in [2.45, 2.75) is 0 Å². The van der Waals surface area contributed by atoms with E-state index >= 15 is 4.39 Å². The van der Waals surface area contributed by atoms with Gasteiger partial charge in [0.05, 0.1) is 16.6 Å². The lowest BCUT2D eigenvalue weighted by Gasteiger charge is -2.32. The molecule has 190 valence electrons. The predicted molar refractivity (Wildman–Crippen MR) is 141 cm³/mol. The Labute approximate surface area is 213 Å². The minimum absolute atomic E-state index is 0.0467. The zero-order chi connectivity index (χ0) is 26.4. The summed E-state index contributed by atoms with van der Waals surface area (Å²) in [5.74, 6) is -1.79. The van der Waals surface area contributed by atoms with Crippen molar-refractivity contribution >= 4 is 39.5 Å². The number of H-pyrrole nitrogens is 1. The fourth-order valence-electron chi connectivity index (χ4n) is 4.91. The molecule has 3 amide bonds. The smallest absolute Gasteiger partial charge is 0.256 e. The van der Waals surface area contributed by atoms with Crippen molar-refractivity contribution in [1.82, 2.24) is 19.7 Å². The Morgan fingerprint density at radius 1 is 0.946 bits per heavy atom. The fraction of sp³-hybridized carbons (Fsp3) is 0.250. The molecule has 0 bridgehead atoms. The summed E-state index contributed by atoms with van der Waals surface area (Å²) >= 11 is 0. The number of fused-ring (bicyclic) bond motifs is 3. The topological polar surface area (TPSA) is 103 Å². The Morgan fingerprint density at radius 2 is 1.68 bits per heavy atom. The lowest BCUT2D eigenvalue weighted by Crippen LogP contribution is -2.47. The first-order valence-electron chi connectivity index (χ1n) is 12.0. The highest BCUT2D eigenvalue weighted by molar-refractivity contribution is 6.20. The van der Waals surface area contributed by atoms with Gasteiger partial charge in [-0.25, -0.2) is 4.39 Å². The van der Waals surface area contributed by atoms with Crippen molar-refractivity contribution in [2.24, 2.45) is 5.73 Å². The summed E-state index contributed by atoms with van der Waals surface area (Å²) in [7, 11) is 5.16. The Kier molecular flexibility index (Phi) is 6.16. The first kappa shape index (κ1) is 24.5. The van der Waals surface area contributed by atoms with Gasteiger partial charge in [-0.15, -0.1) is 0 Å². The van der Waals surface area contributed by atoms with Crippen molar-refractivity contribution in [2.75, 3.05) is 47.3 Å². The average Bonchev–Trinajstić information content (AvgIpc) is 3.26. The first-order valence-corrected chi connectivity index (χ1v) is 12.0. The van der Waals surface area contributed by atoms with Gasteiger partial charge in [-0.1, -0.05) is 24.3 Å². The minimum atomic E-state index is -0.648. The van der Waals surface area contributed by atoms with Gasteiger partial charge in [-0.2, -0.15) is 0 Å². The second-order valence-electron chi connectivity index (χ2n) is 9.62. The van der Waals surface area contributed by atoms with E-state index in [0.29, 0.717) is 46.0 Å². The van der Waals surface area contributed by atoms with Crippen LogP contribution >= 0.6 is 0 Å². The quantitative estimate of drug-likeness (QED) is 0.448. The van der Waals surface area contributed by atoms with Gasteiger partial charge in [0, 0.05) is 67.7 Å². The molecule has 2 heterocycles. The molecule has 9 heteroatoms. The number of likely N-dealkylation sites (N-methyl/N-ethyl adjacent to an activating group) is 1. The molecule has 1 aromatic heterocycles. The second-order valence-corrected chi connectivity index (χ2v) is 9.62. The van der Waals surface area contributed by atoms with E-state index in [1.54, 1.807) is 56.6 Å². The van der Waals surface area contributed by atoms with Crippen molar-refractivity contribution < 1.29 is 18.8 Å². The van der Waals surface area contributed by atoms with Crippen LogP contribution in [0.3, 0.4) is 0 Å². The number of aromatic nitrogens is 1. The molecule has 0 unspecified atom stereocenters. The number of benzene rings is 3. The van der Waals surface area contributed by atoms with Gasteiger partial charge < -0.3 is 25.4 Å². The molecule has 1 saturated heterocycles. The molecule has 1 fully saturated rings.